The fourth-order valence-electron chi connectivity index (χ4n) is 1.44. The summed E-state index contributed by atoms with van der Waals surface area (Å²) in [6.07, 6.45) is 2.57. The third-order valence-corrected chi connectivity index (χ3v) is 4.37. The average molecular weight is 273 g/mol. The minimum absolute atomic E-state index is 0.226. The first-order valence-electron chi connectivity index (χ1n) is 5.89. The molecular formula is C11H20N3O3P. The summed E-state index contributed by atoms with van der Waals surface area (Å²) in [6, 6.07) is 0. The van der Waals surface area contributed by atoms with Crippen LogP contribution in [0.5, 0.6) is 0 Å². The van der Waals surface area contributed by atoms with Gasteiger partial charge in [0, 0.05) is 10.6 Å². The van der Waals surface area contributed by atoms with Gasteiger partial charge in [-0.3, -0.25) is 4.57 Å². The summed E-state index contributed by atoms with van der Waals surface area (Å²) in [4.78, 5) is 2.71. The van der Waals surface area contributed by atoms with E-state index in [4.69, 9.17) is 14.6 Å². The number of azide groups is 1. The van der Waals surface area contributed by atoms with Crippen LogP contribution in [0.3, 0.4) is 0 Å². The largest absolute Gasteiger partial charge is 0.357 e. The summed E-state index contributed by atoms with van der Waals surface area (Å²) in [6.45, 7) is 9.47. The molecule has 7 heteroatoms. The van der Waals surface area contributed by atoms with Crippen molar-refractivity contribution in [2.45, 2.75) is 33.6 Å². The maximum Gasteiger partial charge on any atom is 0.357 e. The van der Waals surface area contributed by atoms with Crippen molar-refractivity contribution in [1.29, 1.82) is 0 Å². The Hall–Kier alpha value is -1.06. The minimum atomic E-state index is -3.40. The fourth-order valence-corrected chi connectivity index (χ4v) is 3.42. The number of nitrogens with zero attached hydrogens (tertiary/aromatic N) is 3. The molecule has 0 aliphatic rings. The molecule has 0 atom stereocenters. The van der Waals surface area contributed by atoms with Crippen molar-refractivity contribution in [2.24, 2.45) is 5.11 Å². The van der Waals surface area contributed by atoms with E-state index in [0.29, 0.717) is 11.7 Å². The predicted molar refractivity (Wildman–Crippen MR) is 72.1 cm³/mol. The zero-order valence-corrected chi connectivity index (χ0v) is 12.0. The Kier molecular flexibility index (Phi) is 8.42. The molecule has 0 aromatic rings. The normalized spacial score (nSPS) is 12.6. The van der Waals surface area contributed by atoms with Crippen molar-refractivity contribution < 1.29 is 13.6 Å². The van der Waals surface area contributed by atoms with Crippen molar-refractivity contribution in [3.05, 3.63) is 34.1 Å². The summed E-state index contributed by atoms with van der Waals surface area (Å²) in [7, 11) is -3.40. The van der Waals surface area contributed by atoms with Crippen molar-refractivity contribution >= 4 is 7.60 Å². The molecule has 0 aliphatic heterocycles. The Labute approximate surface area is 108 Å². The molecule has 0 heterocycles. The van der Waals surface area contributed by atoms with Crippen molar-refractivity contribution in [2.75, 3.05) is 13.2 Å². The lowest BCUT2D eigenvalue weighted by Gasteiger charge is -2.21. The van der Waals surface area contributed by atoms with Gasteiger partial charge in [-0.15, -0.1) is 0 Å². The molecule has 0 radical (unpaired) electrons. The van der Waals surface area contributed by atoms with Gasteiger partial charge < -0.3 is 9.05 Å². The molecule has 0 saturated heterocycles. The second-order valence-electron chi connectivity index (χ2n) is 3.31. The Morgan fingerprint density at radius 1 is 1.39 bits per heavy atom. The summed E-state index contributed by atoms with van der Waals surface area (Å²) in [5.74, 6) is 0. The Bertz CT molecular complexity index is 390. The molecule has 0 saturated carbocycles. The lowest BCUT2D eigenvalue weighted by atomic mass is 10.3. The second kappa shape index (κ2) is 8.95. The molecule has 102 valence electrons. The molecular weight excluding hydrogens is 253 g/mol. The van der Waals surface area contributed by atoms with Gasteiger partial charge in [-0.2, -0.15) is 0 Å². The quantitative estimate of drug-likeness (QED) is 0.199. The van der Waals surface area contributed by atoms with E-state index in [-0.39, 0.29) is 18.9 Å². The molecule has 0 aromatic carbocycles. The molecule has 0 aliphatic carbocycles. The third kappa shape index (κ3) is 4.67. The summed E-state index contributed by atoms with van der Waals surface area (Å²) < 4.78 is 23.2. The maximum atomic E-state index is 12.6. The number of allylic oxidation sites excluding steroid dienone is 2. The van der Waals surface area contributed by atoms with E-state index < -0.39 is 7.60 Å². The number of hydrogen-bond donors (Lipinski definition) is 0. The first-order valence-corrected chi connectivity index (χ1v) is 7.44. The SMILES string of the molecule is C=C/C(N=[N+]=[N-])=C(/CCC)P(=O)(OCC)OCC. The first kappa shape index (κ1) is 16.9. The Morgan fingerprint density at radius 3 is 2.28 bits per heavy atom. The highest BCUT2D eigenvalue weighted by Gasteiger charge is 2.30. The molecule has 0 fully saturated rings. The fraction of sp³-hybridized carbons (Fsp3) is 0.636. The van der Waals surface area contributed by atoms with Crippen LogP contribution in [-0.4, -0.2) is 13.2 Å². The Balaban J connectivity index is 5.72. The standard InChI is InChI=1S/C11H20N3O3P/c1-5-9-11(10(6-2)13-14-12)18(15,16-7-3)17-8-4/h6H,2,5,7-9H2,1,3-4H3/b11-10+. The van der Waals surface area contributed by atoms with E-state index in [0.717, 1.165) is 6.42 Å². The topological polar surface area (TPSA) is 84.3 Å². The van der Waals surface area contributed by atoms with Gasteiger partial charge >= 0.3 is 7.60 Å². The van der Waals surface area contributed by atoms with E-state index >= 15 is 0 Å². The van der Waals surface area contributed by atoms with Gasteiger partial charge in [0.05, 0.1) is 18.5 Å². The van der Waals surface area contributed by atoms with Crippen LogP contribution < -0.4 is 0 Å². The van der Waals surface area contributed by atoms with Crippen LogP contribution in [0.25, 0.3) is 10.4 Å². The van der Waals surface area contributed by atoms with Crippen LogP contribution in [-0.2, 0) is 13.6 Å². The molecule has 0 spiro atoms. The van der Waals surface area contributed by atoms with Gasteiger partial charge in [-0.1, -0.05) is 31.1 Å². The van der Waals surface area contributed by atoms with E-state index in [1.165, 1.54) is 6.08 Å². The molecule has 0 amide bonds. The van der Waals surface area contributed by atoms with Gasteiger partial charge in [0.1, 0.15) is 0 Å². The van der Waals surface area contributed by atoms with Crippen molar-refractivity contribution in [3.63, 3.8) is 0 Å². The van der Waals surface area contributed by atoms with E-state index in [1.54, 1.807) is 13.8 Å². The second-order valence-corrected chi connectivity index (χ2v) is 5.36. The average Bonchev–Trinajstić information content (AvgIpc) is 2.34. The maximum absolute atomic E-state index is 12.6. The van der Waals surface area contributed by atoms with Crippen molar-refractivity contribution in [1.82, 2.24) is 0 Å². The van der Waals surface area contributed by atoms with Crippen LogP contribution in [0.4, 0.5) is 0 Å². The van der Waals surface area contributed by atoms with Gasteiger partial charge in [0.15, 0.2) is 0 Å². The van der Waals surface area contributed by atoms with Crippen LogP contribution in [0.1, 0.15) is 33.6 Å². The van der Waals surface area contributed by atoms with Crippen LogP contribution >= 0.6 is 7.60 Å². The molecule has 0 aromatic heterocycles. The first-order chi connectivity index (χ1) is 8.59. The summed E-state index contributed by atoms with van der Waals surface area (Å²) in [5, 5.41) is 3.89. The lowest BCUT2D eigenvalue weighted by molar-refractivity contribution is 0.225. The zero-order valence-electron chi connectivity index (χ0n) is 11.1. The molecule has 18 heavy (non-hydrogen) atoms. The predicted octanol–water partition coefficient (Wildman–Crippen LogP) is 4.76. The summed E-state index contributed by atoms with van der Waals surface area (Å²) >= 11 is 0. The molecule has 0 bridgehead atoms. The van der Waals surface area contributed by atoms with E-state index in [1.807, 2.05) is 6.92 Å². The highest BCUT2D eigenvalue weighted by molar-refractivity contribution is 7.58. The summed E-state index contributed by atoms with van der Waals surface area (Å²) in [5.41, 5.74) is 8.74. The van der Waals surface area contributed by atoms with Gasteiger partial charge in [-0.05, 0) is 25.8 Å². The van der Waals surface area contributed by atoms with Crippen molar-refractivity contribution in [3.8, 4) is 0 Å². The van der Waals surface area contributed by atoms with Crippen LogP contribution in [0, 0.1) is 0 Å². The molecule has 0 rings (SSSR count). The van der Waals surface area contributed by atoms with Crippen LogP contribution in [0.2, 0.25) is 0 Å². The van der Waals surface area contributed by atoms with E-state index in [2.05, 4.69) is 16.6 Å². The van der Waals surface area contributed by atoms with Gasteiger partial charge in [0.2, 0.25) is 0 Å². The lowest BCUT2D eigenvalue weighted by Crippen LogP contribution is -2.01. The van der Waals surface area contributed by atoms with Gasteiger partial charge in [0.25, 0.3) is 0 Å². The Morgan fingerprint density at radius 2 is 1.94 bits per heavy atom. The van der Waals surface area contributed by atoms with Crippen LogP contribution in [0.15, 0.2) is 28.8 Å². The highest BCUT2D eigenvalue weighted by Crippen LogP contribution is 2.59. The van der Waals surface area contributed by atoms with Gasteiger partial charge in [-0.25, -0.2) is 0 Å². The van der Waals surface area contributed by atoms with E-state index in [9.17, 15) is 4.57 Å². The number of hydrogen-bond acceptors (Lipinski definition) is 4. The third-order valence-electron chi connectivity index (χ3n) is 2.06. The molecule has 0 N–H and O–H groups in total. The number of rotatable bonds is 9. The smallest absolute Gasteiger partial charge is 0.306 e. The monoisotopic (exact) mass is 273 g/mol. The minimum Gasteiger partial charge on any atom is -0.306 e. The highest BCUT2D eigenvalue weighted by atomic mass is 31.2. The zero-order chi connectivity index (χ0) is 14.0. The molecule has 6 nitrogen and oxygen atoms in total. The molecule has 0 unspecified atom stereocenters.